The SMILES string of the molecule is CC1(C)OB(c2ccc(CN3CCOCC3)c(N)c2)OC1(C)C. The molecule has 23 heavy (non-hydrogen) atoms. The summed E-state index contributed by atoms with van der Waals surface area (Å²) in [6.07, 6.45) is 0. The van der Waals surface area contributed by atoms with Crippen molar-refractivity contribution in [3.63, 3.8) is 0 Å². The van der Waals surface area contributed by atoms with E-state index in [-0.39, 0.29) is 18.3 Å². The van der Waals surface area contributed by atoms with Gasteiger partial charge in [0.05, 0.1) is 24.4 Å². The fraction of sp³-hybridized carbons (Fsp3) is 0.647. The lowest BCUT2D eigenvalue weighted by Crippen LogP contribution is -2.41. The van der Waals surface area contributed by atoms with Crippen molar-refractivity contribution < 1.29 is 14.0 Å². The molecule has 2 aliphatic heterocycles. The average Bonchev–Trinajstić information content (AvgIpc) is 2.71. The summed E-state index contributed by atoms with van der Waals surface area (Å²) in [5.41, 5.74) is 8.52. The number of hydrogen-bond acceptors (Lipinski definition) is 5. The Kier molecular flexibility index (Phi) is 4.44. The molecule has 0 aliphatic carbocycles. The monoisotopic (exact) mass is 318 g/mol. The first-order chi connectivity index (χ1) is 10.8. The average molecular weight is 318 g/mol. The number of nitrogen functional groups attached to an aromatic ring is 1. The zero-order chi connectivity index (χ0) is 16.7. The van der Waals surface area contributed by atoms with Crippen LogP contribution in [0.1, 0.15) is 33.3 Å². The Morgan fingerprint density at radius 1 is 1.09 bits per heavy atom. The zero-order valence-electron chi connectivity index (χ0n) is 14.6. The van der Waals surface area contributed by atoms with Gasteiger partial charge in [0.15, 0.2) is 0 Å². The van der Waals surface area contributed by atoms with Crippen LogP contribution in [0.15, 0.2) is 18.2 Å². The predicted molar refractivity (Wildman–Crippen MR) is 92.7 cm³/mol. The summed E-state index contributed by atoms with van der Waals surface area (Å²) >= 11 is 0. The van der Waals surface area contributed by atoms with Gasteiger partial charge in [-0.05, 0) is 44.8 Å². The highest BCUT2D eigenvalue weighted by Crippen LogP contribution is 2.36. The van der Waals surface area contributed by atoms with Crippen molar-refractivity contribution in [2.75, 3.05) is 32.0 Å². The van der Waals surface area contributed by atoms with Crippen LogP contribution >= 0.6 is 0 Å². The number of hydrogen-bond donors (Lipinski definition) is 1. The Morgan fingerprint density at radius 2 is 1.70 bits per heavy atom. The van der Waals surface area contributed by atoms with Crippen molar-refractivity contribution in [1.82, 2.24) is 4.90 Å². The normalized spacial score (nSPS) is 24.1. The van der Waals surface area contributed by atoms with Gasteiger partial charge in [-0.2, -0.15) is 0 Å². The molecule has 2 aliphatic rings. The van der Waals surface area contributed by atoms with Gasteiger partial charge in [0.25, 0.3) is 0 Å². The lowest BCUT2D eigenvalue weighted by atomic mass is 9.78. The molecule has 0 bridgehead atoms. The molecule has 0 atom stereocenters. The van der Waals surface area contributed by atoms with E-state index in [1.165, 1.54) is 0 Å². The molecule has 126 valence electrons. The fourth-order valence-electron chi connectivity index (χ4n) is 2.88. The maximum Gasteiger partial charge on any atom is 0.494 e. The molecular formula is C17H27BN2O3. The molecule has 0 radical (unpaired) electrons. The van der Waals surface area contributed by atoms with Crippen LogP contribution in [0.3, 0.4) is 0 Å². The van der Waals surface area contributed by atoms with E-state index in [0.29, 0.717) is 0 Å². The van der Waals surface area contributed by atoms with Gasteiger partial charge in [-0.3, -0.25) is 4.90 Å². The van der Waals surface area contributed by atoms with E-state index in [2.05, 4.69) is 44.7 Å². The third-order valence-corrected chi connectivity index (χ3v) is 5.19. The second-order valence-electron chi connectivity index (χ2n) is 7.44. The molecule has 2 heterocycles. The summed E-state index contributed by atoms with van der Waals surface area (Å²) in [7, 11) is -0.361. The first kappa shape index (κ1) is 16.8. The number of anilines is 1. The van der Waals surface area contributed by atoms with Crippen LogP contribution in [0, 0.1) is 0 Å². The van der Waals surface area contributed by atoms with Gasteiger partial charge in [0, 0.05) is 25.3 Å². The first-order valence-electron chi connectivity index (χ1n) is 8.32. The minimum atomic E-state index is -0.361. The lowest BCUT2D eigenvalue weighted by molar-refractivity contribution is 0.00578. The van der Waals surface area contributed by atoms with E-state index in [1.54, 1.807) is 0 Å². The molecule has 1 aromatic rings. The van der Waals surface area contributed by atoms with E-state index in [1.807, 2.05) is 6.07 Å². The Balaban J connectivity index is 1.72. The second-order valence-corrected chi connectivity index (χ2v) is 7.44. The fourth-order valence-corrected chi connectivity index (χ4v) is 2.88. The molecule has 0 unspecified atom stereocenters. The Bertz CT molecular complexity index is 555. The summed E-state index contributed by atoms with van der Waals surface area (Å²) in [6.45, 7) is 12.6. The number of morpholine rings is 1. The van der Waals surface area contributed by atoms with Gasteiger partial charge in [-0.1, -0.05) is 12.1 Å². The number of nitrogens with zero attached hydrogens (tertiary/aromatic N) is 1. The summed E-state index contributed by atoms with van der Waals surface area (Å²) in [4.78, 5) is 2.36. The minimum Gasteiger partial charge on any atom is -0.399 e. The smallest absolute Gasteiger partial charge is 0.399 e. The number of rotatable bonds is 3. The van der Waals surface area contributed by atoms with Crippen LogP contribution in [0.25, 0.3) is 0 Å². The van der Waals surface area contributed by atoms with Crippen LogP contribution in [-0.4, -0.2) is 49.5 Å². The van der Waals surface area contributed by atoms with Crippen LogP contribution < -0.4 is 11.2 Å². The summed E-state index contributed by atoms with van der Waals surface area (Å²) in [5.74, 6) is 0. The molecule has 2 N–H and O–H groups in total. The van der Waals surface area contributed by atoms with E-state index >= 15 is 0 Å². The van der Waals surface area contributed by atoms with Gasteiger partial charge >= 0.3 is 7.12 Å². The molecular weight excluding hydrogens is 291 g/mol. The third kappa shape index (κ3) is 3.40. The van der Waals surface area contributed by atoms with E-state index in [9.17, 15) is 0 Å². The second kappa shape index (κ2) is 6.09. The molecule has 0 saturated carbocycles. The highest BCUT2D eigenvalue weighted by Gasteiger charge is 2.51. The molecule has 5 nitrogen and oxygen atoms in total. The van der Waals surface area contributed by atoms with Crippen molar-refractivity contribution in [3.8, 4) is 0 Å². The molecule has 6 heteroatoms. The van der Waals surface area contributed by atoms with E-state index in [0.717, 1.165) is 49.6 Å². The summed E-state index contributed by atoms with van der Waals surface area (Å²) in [6, 6.07) is 6.14. The molecule has 1 aromatic carbocycles. The maximum absolute atomic E-state index is 6.27. The molecule has 0 spiro atoms. The Labute approximate surface area is 139 Å². The van der Waals surface area contributed by atoms with E-state index < -0.39 is 0 Å². The first-order valence-corrected chi connectivity index (χ1v) is 8.32. The minimum absolute atomic E-state index is 0.334. The number of benzene rings is 1. The Morgan fingerprint density at radius 3 is 2.26 bits per heavy atom. The molecule has 2 saturated heterocycles. The van der Waals surface area contributed by atoms with Gasteiger partial charge in [-0.25, -0.2) is 0 Å². The van der Waals surface area contributed by atoms with Crippen molar-refractivity contribution in [3.05, 3.63) is 23.8 Å². The summed E-state index contributed by atoms with van der Waals surface area (Å²) in [5, 5.41) is 0. The topological polar surface area (TPSA) is 57.0 Å². The summed E-state index contributed by atoms with van der Waals surface area (Å²) < 4.78 is 17.6. The van der Waals surface area contributed by atoms with Crippen LogP contribution in [0.5, 0.6) is 0 Å². The van der Waals surface area contributed by atoms with Crippen LogP contribution in [0.2, 0.25) is 0 Å². The molecule has 2 fully saturated rings. The zero-order valence-corrected chi connectivity index (χ0v) is 14.6. The Hall–Kier alpha value is -1.08. The predicted octanol–water partition coefficient (Wildman–Crippen LogP) is 1.40. The van der Waals surface area contributed by atoms with Gasteiger partial charge in [0.2, 0.25) is 0 Å². The molecule has 3 rings (SSSR count). The van der Waals surface area contributed by atoms with Gasteiger partial charge < -0.3 is 19.8 Å². The van der Waals surface area contributed by atoms with Crippen LogP contribution in [-0.2, 0) is 20.6 Å². The number of nitrogens with two attached hydrogens (primary N) is 1. The van der Waals surface area contributed by atoms with Crippen LogP contribution in [0.4, 0.5) is 5.69 Å². The van der Waals surface area contributed by atoms with Crippen molar-refractivity contribution >= 4 is 18.3 Å². The standard InChI is InChI=1S/C17H27BN2O3/c1-16(2)17(3,4)23-18(22-16)14-6-5-13(15(19)11-14)12-20-7-9-21-10-8-20/h5-6,11H,7-10,12,19H2,1-4H3. The molecule has 0 amide bonds. The maximum atomic E-state index is 6.27. The van der Waals surface area contributed by atoms with Gasteiger partial charge in [-0.15, -0.1) is 0 Å². The highest BCUT2D eigenvalue weighted by molar-refractivity contribution is 6.62. The largest absolute Gasteiger partial charge is 0.494 e. The van der Waals surface area contributed by atoms with E-state index in [4.69, 9.17) is 19.8 Å². The van der Waals surface area contributed by atoms with Gasteiger partial charge in [0.1, 0.15) is 0 Å². The van der Waals surface area contributed by atoms with Crippen molar-refractivity contribution in [1.29, 1.82) is 0 Å². The van der Waals surface area contributed by atoms with Crippen molar-refractivity contribution in [2.24, 2.45) is 0 Å². The third-order valence-electron chi connectivity index (χ3n) is 5.19. The van der Waals surface area contributed by atoms with Crippen molar-refractivity contribution in [2.45, 2.75) is 45.4 Å². The molecule has 0 aromatic heterocycles. The quantitative estimate of drug-likeness (QED) is 0.674. The lowest BCUT2D eigenvalue weighted by Gasteiger charge is -2.32. The highest BCUT2D eigenvalue weighted by atomic mass is 16.7. The number of ether oxygens (including phenoxy) is 1.